The number of benzene rings is 1. The maximum Gasteiger partial charge on any atom is 0.161 e. The summed E-state index contributed by atoms with van der Waals surface area (Å²) in [6.45, 7) is 7.63. The average Bonchev–Trinajstić information content (AvgIpc) is 3.13. The minimum Gasteiger partial charge on any atom is -0.486 e. The fourth-order valence-electron chi connectivity index (χ4n) is 8.33. The molecule has 1 aromatic carbocycles. The topological polar surface area (TPSA) is 55.8 Å². The van der Waals surface area contributed by atoms with Gasteiger partial charge in [-0.2, -0.15) is 0 Å². The normalized spacial score (nSPS) is 39.9. The first kappa shape index (κ1) is 23.5. The second kappa shape index (κ2) is 8.76. The molecule has 7 atom stereocenters. The zero-order valence-corrected chi connectivity index (χ0v) is 20.8. The fraction of sp³-hybridized carbons (Fsp3) is 0.633. The first-order chi connectivity index (χ1) is 16.3. The number of hydrogen-bond acceptors (Lipinski definition) is 4. The number of carbonyl (C=O) groups excluding carboxylic acids is 1. The van der Waals surface area contributed by atoms with E-state index in [1.807, 2.05) is 6.08 Å². The van der Waals surface area contributed by atoms with Crippen LogP contribution in [-0.4, -0.2) is 30.2 Å². The lowest BCUT2D eigenvalue weighted by molar-refractivity contribution is -0.118. The molecule has 1 aromatic rings. The van der Waals surface area contributed by atoms with Crippen molar-refractivity contribution >= 4 is 5.78 Å². The van der Waals surface area contributed by atoms with E-state index in [0.717, 1.165) is 50.0 Å². The Balaban J connectivity index is 0.000000764. The van der Waals surface area contributed by atoms with Crippen molar-refractivity contribution < 1.29 is 19.4 Å². The summed E-state index contributed by atoms with van der Waals surface area (Å²) < 4.78 is 11.7. The highest BCUT2D eigenvalue weighted by molar-refractivity contribution is 5.91. The van der Waals surface area contributed by atoms with Crippen LogP contribution in [-0.2, 0) is 4.79 Å². The van der Waals surface area contributed by atoms with E-state index in [9.17, 15) is 9.90 Å². The number of carbonyl (C=O) groups is 1. The highest BCUT2D eigenvalue weighted by Crippen LogP contribution is 2.69. The molecular formula is C30H38O4. The van der Waals surface area contributed by atoms with Crippen LogP contribution in [0.1, 0.15) is 77.2 Å². The van der Waals surface area contributed by atoms with E-state index in [1.165, 1.54) is 11.1 Å². The van der Waals surface area contributed by atoms with E-state index in [0.29, 0.717) is 49.1 Å². The monoisotopic (exact) mass is 462 g/mol. The minimum atomic E-state index is -0.212. The molecule has 3 fully saturated rings. The van der Waals surface area contributed by atoms with Crippen LogP contribution in [0.5, 0.6) is 11.5 Å². The van der Waals surface area contributed by atoms with Crippen LogP contribution < -0.4 is 9.47 Å². The summed E-state index contributed by atoms with van der Waals surface area (Å²) in [6.07, 6.45) is 13.3. The van der Waals surface area contributed by atoms with E-state index in [-0.39, 0.29) is 16.9 Å². The van der Waals surface area contributed by atoms with Crippen LogP contribution >= 0.6 is 0 Å². The van der Waals surface area contributed by atoms with Crippen molar-refractivity contribution in [1.82, 2.24) is 0 Å². The van der Waals surface area contributed by atoms with E-state index in [2.05, 4.69) is 44.4 Å². The van der Waals surface area contributed by atoms with Crippen LogP contribution in [0.4, 0.5) is 0 Å². The summed E-state index contributed by atoms with van der Waals surface area (Å²) in [5.74, 6) is 6.30. The molecule has 34 heavy (non-hydrogen) atoms. The van der Waals surface area contributed by atoms with Crippen LogP contribution in [0.2, 0.25) is 0 Å². The van der Waals surface area contributed by atoms with Gasteiger partial charge in [0.2, 0.25) is 0 Å². The molecule has 0 radical (unpaired) electrons. The highest BCUT2D eigenvalue weighted by atomic mass is 16.6. The molecule has 4 heteroatoms. The number of aliphatic hydroxyl groups is 1. The maximum atomic E-state index is 12.3. The van der Waals surface area contributed by atoms with Crippen LogP contribution in [0.15, 0.2) is 29.8 Å². The molecule has 3 saturated carbocycles. The van der Waals surface area contributed by atoms with Gasteiger partial charge < -0.3 is 14.6 Å². The van der Waals surface area contributed by atoms with E-state index >= 15 is 0 Å². The molecule has 0 saturated heterocycles. The Kier molecular flexibility index (Phi) is 6.05. The molecule has 0 amide bonds. The van der Waals surface area contributed by atoms with E-state index in [1.54, 1.807) is 6.92 Å². The Labute approximate surface area is 204 Å². The summed E-state index contributed by atoms with van der Waals surface area (Å²) in [5.41, 5.74) is 2.75. The second-order valence-electron chi connectivity index (χ2n) is 11.5. The standard InChI is InChI=1S/C27H34O4.C3H4/c1-26-10-9-18(28)14-17(26)4-5-19-21-6-8-24(29)27(21,2)15-20(25(19)26)16-3-7-22-23(13-16)31-12-11-30-22;1-3-2/h3,7,13-14,19-21,24-25,29H,4-6,8-12,15H2,1-2H3;1H,2H3. The first-order valence-corrected chi connectivity index (χ1v) is 13.0. The number of terminal acetylenes is 1. The van der Waals surface area contributed by atoms with Crippen LogP contribution in [0.3, 0.4) is 0 Å². The smallest absolute Gasteiger partial charge is 0.161 e. The molecule has 4 nitrogen and oxygen atoms in total. The van der Waals surface area contributed by atoms with Gasteiger partial charge in [0, 0.05) is 6.42 Å². The summed E-state index contributed by atoms with van der Waals surface area (Å²) in [5, 5.41) is 11.1. The Morgan fingerprint density at radius 1 is 1.09 bits per heavy atom. The number of allylic oxidation sites excluding steroid dienone is 1. The van der Waals surface area contributed by atoms with E-state index in [4.69, 9.17) is 9.47 Å². The van der Waals surface area contributed by atoms with Crippen molar-refractivity contribution in [2.75, 3.05) is 13.2 Å². The third kappa shape index (κ3) is 3.59. The van der Waals surface area contributed by atoms with Crippen molar-refractivity contribution in [3.63, 3.8) is 0 Å². The lowest BCUT2D eigenvalue weighted by Crippen LogP contribution is -2.54. The predicted molar refractivity (Wildman–Crippen MR) is 133 cm³/mol. The molecule has 0 aromatic heterocycles. The van der Waals surface area contributed by atoms with Gasteiger partial charge in [-0.1, -0.05) is 25.5 Å². The van der Waals surface area contributed by atoms with Gasteiger partial charge in [-0.15, -0.1) is 12.3 Å². The molecule has 7 unspecified atom stereocenters. The quantitative estimate of drug-likeness (QED) is 0.545. The van der Waals surface area contributed by atoms with Crippen molar-refractivity contribution in [3.8, 4) is 23.8 Å². The minimum absolute atomic E-state index is 0.0266. The second-order valence-corrected chi connectivity index (χ2v) is 11.5. The predicted octanol–water partition coefficient (Wildman–Crippen LogP) is 5.68. The van der Waals surface area contributed by atoms with Crippen molar-refractivity contribution in [3.05, 3.63) is 35.4 Å². The van der Waals surface area contributed by atoms with Gasteiger partial charge in [-0.05, 0) is 104 Å². The zero-order chi connectivity index (χ0) is 24.1. The number of aliphatic hydroxyl groups excluding tert-OH is 1. The molecular weight excluding hydrogens is 424 g/mol. The molecule has 0 bridgehead atoms. The van der Waals surface area contributed by atoms with Crippen molar-refractivity contribution in [2.24, 2.45) is 28.6 Å². The first-order valence-electron chi connectivity index (χ1n) is 13.0. The largest absolute Gasteiger partial charge is 0.486 e. The fourth-order valence-corrected chi connectivity index (χ4v) is 8.33. The Hall–Kier alpha value is -2.25. The maximum absolute atomic E-state index is 12.3. The summed E-state index contributed by atoms with van der Waals surface area (Å²) in [7, 11) is 0. The van der Waals surface area contributed by atoms with E-state index < -0.39 is 0 Å². The molecule has 4 aliphatic carbocycles. The molecule has 182 valence electrons. The SMILES string of the molecule is C#CC.CC12CCC(=O)C=C1CCC1C2C(c2ccc3c(c2)OCCO3)CC2(C)C(O)CCC12. The van der Waals surface area contributed by atoms with Gasteiger partial charge in [0.05, 0.1) is 6.10 Å². The van der Waals surface area contributed by atoms with Gasteiger partial charge in [0.15, 0.2) is 17.3 Å². The van der Waals surface area contributed by atoms with Gasteiger partial charge >= 0.3 is 0 Å². The average molecular weight is 463 g/mol. The van der Waals surface area contributed by atoms with Gasteiger partial charge in [0.25, 0.3) is 0 Å². The molecule has 0 spiro atoms. The molecule has 1 heterocycles. The van der Waals surface area contributed by atoms with Crippen LogP contribution in [0.25, 0.3) is 0 Å². The Morgan fingerprint density at radius 2 is 1.82 bits per heavy atom. The summed E-state index contributed by atoms with van der Waals surface area (Å²) in [4.78, 5) is 12.3. The van der Waals surface area contributed by atoms with Crippen molar-refractivity contribution in [2.45, 2.75) is 77.7 Å². The number of fused-ring (bicyclic) bond motifs is 6. The lowest BCUT2D eigenvalue weighted by Gasteiger charge is -2.61. The van der Waals surface area contributed by atoms with Gasteiger partial charge in [-0.3, -0.25) is 4.79 Å². The van der Waals surface area contributed by atoms with Gasteiger partial charge in [-0.25, -0.2) is 0 Å². The zero-order valence-electron chi connectivity index (χ0n) is 20.8. The number of hydrogen-bond donors (Lipinski definition) is 1. The molecule has 5 aliphatic rings. The Morgan fingerprint density at radius 3 is 2.59 bits per heavy atom. The summed E-state index contributed by atoms with van der Waals surface area (Å²) in [6, 6.07) is 6.51. The van der Waals surface area contributed by atoms with Crippen LogP contribution in [0, 0.1) is 40.9 Å². The molecule has 1 N–H and O–H groups in total. The highest BCUT2D eigenvalue weighted by Gasteiger charge is 2.62. The van der Waals surface area contributed by atoms with Gasteiger partial charge in [0.1, 0.15) is 13.2 Å². The number of ether oxygens (including phenoxy) is 2. The molecule has 6 rings (SSSR count). The van der Waals surface area contributed by atoms with Crippen molar-refractivity contribution in [1.29, 1.82) is 0 Å². The lowest BCUT2D eigenvalue weighted by atomic mass is 9.44. The number of rotatable bonds is 1. The Bertz CT molecular complexity index is 1030. The third-order valence-electron chi connectivity index (χ3n) is 9.87. The molecule has 1 aliphatic heterocycles. The number of ketones is 1. The summed E-state index contributed by atoms with van der Waals surface area (Å²) >= 11 is 0. The third-order valence-corrected chi connectivity index (χ3v) is 9.87.